The lowest BCUT2D eigenvalue weighted by molar-refractivity contribution is 0.795. The van der Waals surface area contributed by atoms with Crippen molar-refractivity contribution in [2.45, 2.75) is 19.4 Å². The van der Waals surface area contributed by atoms with Crippen molar-refractivity contribution < 1.29 is 0 Å². The lowest BCUT2D eigenvalue weighted by atomic mass is 10.2. The number of rotatable bonds is 4. The predicted octanol–water partition coefficient (Wildman–Crippen LogP) is 2.71. The van der Waals surface area contributed by atoms with Crippen LogP contribution in [0, 0.1) is 0 Å². The molecule has 0 aliphatic carbocycles. The molecular formula is C14H15N5S. The molecule has 0 amide bonds. The van der Waals surface area contributed by atoms with E-state index < -0.39 is 0 Å². The smallest absolute Gasteiger partial charge is 0.139 e. The zero-order chi connectivity index (χ0) is 13.9. The second-order valence-electron chi connectivity index (χ2n) is 4.68. The molecule has 0 aromatic carbocycles. The van der Waals surface area contributed by atoms with Gasteiger partial charge in [0, 0.05) is 29.6 Å². The second kappa shape index (κ2) is 5.42. The molecule has 20 heavy (non-hydrogen) atoms. The highest BCUT2D eigenvalue weighted by Crippen LogP contribution is 2.21. The highest BCUT2D eigenvalue weighted by atomic mass is 32.1. The number of fused-ring (bicyclic) bond motifs is 1. The summed E-state index contributed by atoms with van der Waals surface area (Å²) in [6.07, 6.45) is 4.22. The van der Waals surface area contributed by atoms with Crippen LogP contribution in [0.4, 0.5) is 11.6 Å². The molecule has 5 nitrogen and oxygen atoms in total. The van der Waals surface area contributed by atoms with Gasteiger partial charge in [0.25, 0.3) is 0 Å². The number of nitrogens with one attached hydrogen (secondary N) is 1. The first-order valence-corrected chi connectivity index (χ1v) is 7.25. The number of nitrogens with two attached hydrogens (primary N) is 1. The van der Waals surface area contributed by atoms with Crippen molar-refractivity contribution in [1.29, 1.82) is 0 Å². The van der Waals surface area contributed by atoms with Gasteiger partial charge in [0.15, 0.2) is 0 Å². The fourth-order valence-electron chi connectivity index (χ4n) is 2.10. The van der Waals surface area contributed by atoms with Crippen LogP contribution in [0.1, 0.15) is 11.8 Å². The van der Waals surface area contributed by atoms with Crippen molar-refractivity contribution in [1.82, 2.24) is 15.0 Å². The summed E-state index contributed by atoms with van der Waals surface area (Å²) in [4.78, 5) is 14.0. The minimum absolute atomic E-state index is 0.282. The molecule has 0 radical (unpaired) electrons. The van der Waals surface area contributed by atoms with Gasteiger partial charge in [0.2, 0.25) is 0 Å². The lowest BCUT2D eigenvalue weighted by Crippen LogP contribution is -2.18. The average Bonchev–Trinajstić information content (AvgIpc) is 2.91. The topological polar surface area (TPSA) is 76.7 Å². The van der Waals surface area contributed by atoms with Gasteiger partial charge in [0.1, 0.15) is 18.0 Å². The normalized spacial score (nSPS) is 12.4. The highest BCUT2D eigenvalue weighted by molar-refractivity contribution is 7.09. The van der Waals surface area contributed by atoms with Crippen molar-refractivity contribution in [2.24, 2.45) is 0 Å². The van der Waals surface area contributed by atoms with E-state index in [1.165, 1.54) is 4.88 Å². The lowest BCUT2D eigenvalue weighted by Gasteiger charge is -2.14. The van der Waals surface area contributed by atoms with Crippen molar-refractivity contribution in [3.8, 4) is 0 Å². The Balaban J connectivity index is 1.83. The molecule has 0 aliphatic rings. The summed E-state index contributed by atoms with van der Waals surface area (Å²) in [5.41, 5.74) is 6.48. The first-order valence-electron chi connectivity index (χ1n) is 6.37. The van der Waals surface area contributed by atoms with Gasteiger partial charge in [-0.05, 0) is 18.4 Å². The minimum atomic E-state index is 0.282. The number of nitrogen functional groups attached to an aromatic ring is 1. The predicted molar refractivity (Wildman–Crippen MR) is 82.9 cm³/mol. The Morgan fingerprint density at radius 2 is 2.25 bits per heavy atom. The zero-order valence-corrected chi connectivity index (χ0v) is 11.9. The summed E-state index contributed by atoms with van der Waals surface area (Å²) < 4.78 is 0. The van der Waals surface area contributed by atoms with E-state index >= 15 is 0 Å². The van der Waals surface area contributed by atoms with Gasteiger partial charge in [-0.1, -0.05) is 6.07 Å². The Hall–Kier alpha value is -2.21. The second-order valence-corrected chi connectivity index (χ2v) is 5.71. The van der Waals surface area contributed by atoms with E-state index in [0.717, 1.165) is 23.1 Å². The SMILES string of the molecule is C[C@H](Cc1cccs1)Nc1ncnc2cc(N)ncc12. The van der Waals surface area contributed by atoms with E-state index in [1.54, 1.807) is 29.9 Å². The van der Waals surface area contributed by atoms with E-state index in [9.17, 15) is 0 Å². The number of anilines is 2. The van der Waals surface area contributed by atoms with E-state index in [2.05, 4.69) is 44.7 Å². The average molecular weight is 285 g/mol. The van der Waals surface area contributed by atoms with Gasteiger partial charge in [-0.25, -0.2) is 15.0 Å². The summed E-state index contributed by atoms with van der Waals surface area (Å²) in [6, 6.07) is 6.25. The Morgan fingerprint density at radius 3 is 3.05 bits per heavy atom. The number of nitrogens with zero attached hydrogens (tertiary/aromatic N) is 3. The van der Waals surface area contributed by atoms with Crippen LogP contribution in [0.2, 0.25) is 0 Å². The maximum Gasteiger partial charge on any atom is 0.139 e. The van der Waals surface area contributed by atoms with Gasteiger partial charge in [-0.3, -0.25) is 0 Å². The van der Waals surface area contributed by atoms with Crippen LogP contribution in [-0.2, 0) is 6.42 Å². The third kappa shape index (κ3) is 2.70. The number of thiophene rings is 1. The van der Waals surface area contributed by atoms with E-state index in [4.69, 9.17) is 5.73 Å². The van der Waals surface area contributed by atoms with Crippen LogP contribution in [0.25, 0.3) is 10.9 Å². The first kappa shape index (κ1) is 12.8. The molecule has 1 atom stereocenters. The standard InChI is InChI=1S/C14H15N5S/c1-9(5-10-3-2-4-20-10)19-14-11-7-16-13(15)6-12(11)17-8-18-14/h2-4,6-9H,5H2,1H3,(H2,15,16)(H,17,18,19)/t9-/m1/s1. The summed E-state index contributed by atoms with van der Waals surface area (Å²) in [7, 11) is 0. The van der Waals surface area contributed by atoms with Gasteiger partial charge in [-0.2, -0.15) is 0 Å². The molecule has 0 spiro atoms. The van der Waals surface area contributed by atoms with Gasteiger partial charge >= 0.3 is 0 Å². The molecule has 0 aliphatic heterocycles. The zero-order valence-electron chi connectivity index (χ0n) is 11.1. The summed E-state index contributed by atoms with van der Waals surface area (Å²) >= 11 is 1.77. The maximum absolute atomic E-state index is 5.67. The fourth-order valence-corrected chi connectivity index (χ4v) is 2.93. The quantitative estimate of drug-likeness (QED) is 0.770. The van der Waals surface area contributed by atoms with Crippen molar-refractivity contribution in [3.05, 3.63) is 41.0 Å². The van der Waals surface area contributed by atoms with E-state index in [1.807, 2.05) is 0 Å². The molecule has 0 bridgehead atoms. The van der Waals surface area contributed by atoms with Crippen LogP contribution in [-0.4, -0.2) is 21.0 Å². The van der Waals surface area contributed by atoms with Crippen molar-refractivity contribution in [2.75, 3.05) is 11.1 Å². The largest absolute Gasteiger partial charge is 0.384 e. The number of pyridine rings is 1. The number of aromatic nitrogens is 3. The minimum Gasteiger partial charge on any atom is -0.384 e. The molecule has 3 aromatic rings. The third-order valence-electron chi connectivity index (χ3n) is 3.01. The Morgan fingerprint density at radius 1 is 1.35 bits per heavy atom. The summed E-state index contributed by atoms with van der Waals surface area (Å²) in [5.74, 6) is 1.26. The summed E-state index contributed by atoms with van der Waals surface area (Å²) in [6.45, 7) is 2.14. The maximum atomic E-state index is 5.67. The molecular weight excluding hydrogens is 270 g/mol. The highest BCUT2D eigenvalue weighted by Gasteiger charge is 2.09. The van der Waals surface area contributed by atoms with Gasteiger partial charge in [0.05, 0.1) is 10.9 Å². The van der Waals surface area contributed by atoms with Crippen molar-refractivity contribution >= 4 is 33.9 Å². The van der Waals surface area contributed by atoms with E-state index in [-0.39, 0.29) is 6.04 Å². The van der Waals surface area contributed by atoms with Gasteiger partial charge in [-0.15, -0.1) is 11.3 Å². The Kier molecular flexibility index (Phi) is 3.47. The van der Waals surface area contributed by atoms with Gasteiger partial charge < -0.3 is 11.1 Å². The molecule has 0 saturated carbocycles. The molecule has 6 heteroatoms. The van der Waals surface area contributed by atoms with E-state index in [0.29, 0.717) is 5.82 Å². The molecule has 102 valence electrons. The van der Waals surface area contributed by atoms with Crippen molar-refractivity contribution in [3.63, 3.8) is 0 Å². The fraction of sp³-hybridized carbons (Fsp3) is 0.214. The Labute approximate surface area is 120 Å². The van der Waals surface area contributed by atoms with Crippen LogP contribution < -0.4 is 11.1 Å². The number of hydrogen-bond donors (Lipinski definition) is 2. The molecule has 0 saturated heterocycles. The van der Waals surface area contributed by atoms with Crippen LogP contribution in [0.3, 0.4) is 0 Å². The summed E-state index contributed by atoms with van der Waals surface area (Å²) in [5, 5.41) is 6.40. The van der Waals surface area contributed by atoms with Crippen LogP contribution in [0.5, 0.6) is 0 Å². The molecule has 3 aromatic heterocycles. The van der Waals surface area contributed by atoms with Crippen LogP contribution in [0.15, 0.2) is 36.1 Å². The molecule has 0 unspecified atom stereocenters. The number of hydrogen-bond acceptors (Lipinski definition) is 6. The molecule has 3 N–H and O–H groups in total. The third-order valence-corrected chi connectivity index (χ3v) is 3.91. The van der Waals surface area contributed by atoms with Crippen LogP contribution >= 0.6 is 11.3 Å². The molecule has 3 rings (SSSR count). The first-order chi connectivity index (χ1) is 9.72. The monoisotopic (exact) mass is 285 g/mol. The molecule has 0 fully saturated rings. The Bertz CT molecular complexity index is 711. The molecule has 3 heterocycles.